The molecule has 0 aliphatic carbocycles. The quantitative estimate of drug-likeness (QED) is 0.869. The second-order valence-corrected chi connectivity index (χ2v) is 6.65. The molecular formula is C18H25N5O2. The van der Waals surface area contributed by atoms with E-state index in [2.05, 4.69) is 22.2 Å². The zero-order chi connectivity index (χ0) is 17.7. The van der Waals surface area contributed by atoms with Crippen LogP contribution in [0, 0.1) is 5.41 Å². The number of nitrogens with one attached hydrogen (secondary N) is 1. The van der Waals surface area contributed by atoms with Gasteiger partial charge in [0.2, 0.25) is 0 Å². The number of rotatable bonds is 5. The molecule has 1 aliphatic rings. The van der Waals surface area contributed by atoms with E-state index in [1.165, 1.54) is 0 Å². The Hall–Kier alpha value is -2.41. The molecule has 2 N–H and O–H groups in total. The van der Waals surface area contributed by atoms with Crippen molar-refractivity contribution in [1.29, 1.82) is 0 Å². The summed E-state index contributed by atoms with van der Waals surface area (Å²) in [6, 6.07) is 3.78. The zero-order valence-electron chi connectivity index (χ0n) is 14.6. The average Bonchev–Trinajstić information content (AvgIpc) is 3.21. The minimum absolute atomic E-state index is 0.0123. The van der Waals surface area contributed by atoms with Gasteiger partial charge in [0, 0.05) is 44.8 Å². The third-order valence-electron chi connectivity index (χ3n) is 5.22. The van der Waals surface area contributed by atoms with Gasteiger partial charge in [-0.05, 0) is 42.4 Å². The molecule has 7 nitrogen and oxygen atoms in total. The minimum atomic E-state index is -0.0522. The first kappa shape index (κ1) is 17.4. The number of imidazole rings is 1. The number of hydrogen-bond donors (Lipinski definition) is 2. The van der Waals surface area contributed by atoms with Crippen LogP contribution in [-0.2, 0) is 6.54 Å². The number of amides is 2. The number of urea groups is 1. The molecule has 7 heteroatoms. The molecule has 3 heterocycles. The summed E-state index contributed by atoms with van der Waals surface area (Å²) in [4.78, 5) is 22.6. The smallest absolute Gasteiger partial charge is 0.317 e. The summed E-state index contributed by atoms with van der Waals surface area (Å²) in [5.41, 5.74) is 0.976. The van der Waals surface area contributed by atoms with E-state index in [-0.39, 0.29) is 18.1 Å². The van der Waals surface area contributed by atoms with Crippen molar-refractivity contribution in [3.63, 3.8) is 0 Å². The number of nitrogens with zero attached hydrogens (tertiary/aromatic N) is 4. The molecular weight excluding hydrogens is 318 g/mol. The Morgan fingerprint density at radius 2 is 2.16 bits per heavy atom. The highest BCUT2D eigenvalue weighted by molar-refractivity contribution is 5.74. The van der Waals surface area contributed by atoms with Gasteiger partial charge < -0.3 is 15.3 Å². The number of likely N-dealkylation sites (tertiary alicyclic amines) is 1. The fraction of sp³-hybridized carbons (Fsp3) is 0.500. The molecule has 0 unspecified atom stereocenters. The standard InChI is InChI=1S/C18H25N5O2/c1-2-18(13-24)4-8-22(9-5-18)17(25)21-12-15-3-6-20-16(11-15)23-10-7-19-14-23/h3,6-7,10-11,14,24H,2,4-5,8-9,12-13H2,1H3,(H,21,25). The molecule has 0 spiro atoms. The molecule has 1 aliphatic heterocycles. The average molecular weight is 343 g/mol. The highest BCUT2D eigenvalue weighted by Crippen LogP contribution is 2.34. The van der Waals surface area contributed by atoms with Crippen LogP contribution in [0.1, 0.15) is 31.7 Å². The van der Waals surface area contributed by atoms with Gasteiger partial charge in [0.05, 0.1) is 0 Å². The van der Waals surface area contributed by atoms with Crippen LogP contribution in [0.5, 0.6) is 0 Å². The second-order valence-electron chi connectivity index (χ2n) is 6.65. The second kappa shape index (κ2) is 7.65. The maximum absolute atomic E-state index is 12.4. The lowest BCUT2D eigenvalue weighted by molar-refractivity contribution is 0.0519. The van der Waals surface area contributed by atoms with Crippen molar-refractivity contribution in [1.82, 2.24) is 24.8 Å². The van der Waals surface area contributed by atoms with Crippen LogP contribution in [0.4, 0.5) is 4.79 Å². The normalized spacial score (nSPS) is 16.6. The Labute approximate surface area is 147 Å². The first-order valence-electron chi connectivity index (χ1n) is 8.73. The Morgan fingerprint density at radius 1 is 1.36 bits per heavy atom. The highest BCUT2D eigenvalue weighted by Gasteiger charge is 2.33. The van der Waals surface area contributed by atoms with Crippen molar-refractivity contribution in [2.75, 3.05) is 19.7 Å². The van der Waals surface area contributed by atoms with E-state index in [0.717, 1.165) is 30.6 Å². The summed E-state index contributed by atoms with van der Waals surface area (Å²) >= 11 is 0. The molecule has 0 saturated carbocycles. The Bertz CT molecular complexity index is 687. The maximum Gasteiger partial charge on any atom is 0.317 e. The zero-order valence-corrected chi connectivity index (χ0v) is 14.6. The van der Waals surface area contributed by atoms with Gasteiger partial charge in [-0.25, -0.2) is 14.8 Å². The molecule has 0 aromatic carbocycles. The molecule has 25 heavy (non-hydrogen) atoms. The van der Waals surface area contributed by atoms with Gasteiger partial charge in [-0.15, -0.1) is 0 Å². The Balaban J connectivity index is 1.54. The van der Waals surface area contributed by atoms with E-state index in [1.807, 2.05) is 27.8 Å². The van der Waals surface area contributed by atoms with E-state index in [9.17, 15) is 9.90 Å². The van der Waals surface area contributed by atoms with Crippen molar-refractivity contribution >= 4 is 6.03 Å². The predicted octanol–water partition coefficient (Wildman–Crippen LogP) is 1.96. The van der Waals surface area contributed by atoms with Crippen molar-refractivity contribution in [3.05, 3.63) is 42.6 Å². The topological polar surface area (TPSA) is 83.3 Å². The number of hydrogen-bond acceptors (Lipinski definition) is 4. The molecule has 1 saturated heterocycles. The molecule has 2 aromatic heterocycles. The van der Waals surface area contributed by atoms with E-state index >= 15 is 0 Å². The summed E-state index contributed by atoms with van der Waals surface area (Å²) in [7, 11) is 0. The third-order valence-corrected chi connectivity index (χ3v) is 5.22. The highest BCUT2D eigenvalue weighted by atomic mass is 16.3. The van der Waals surface area contributed by atoms with E-state index in [1.54, 1.807) is 18.7 Å². The number of carbonyl (C=O) groups excluding carboxylic acids is 1. The number of pyridine rings is 1. The fourth-order valence-electron chi connectivity index (χ4n) is 3.20. The molecule has 0 atom stereocenters. The lowest BCUT2D eigenvalue weighted by Gasteiger charge is -2.40. The predicted molar refractivity (Wildman–Crippen MR) is 94.2 cm³/mol. The van der Waals surface area contributed by atoms with Crippen LogP contribution in [0.2, 0.25) is 0 Å². The van der Waals surface area contributed by atoms with Crippen LogP contribution in [0.25, 0.3) is 5.82 Å². The monoisotopic (exact) mass is 343 g/mol. The van der Waals surface area contributed by atoms with E-state index < -0.39 is 0 Å². The van der Waals surface area contributed by atoms with Gasteiger partial charge in [-0.2, -0.15) is 0 Å². The van der Waals surface area contributed by atoms with E-state index in [4.69, 9.17) is 0 Å². The summed E-state index contributed by atoms with van der Waals surface area (Å²) in [6.07, 6.45) is 9.62. The molecule has 3 rings (SSSR count). The van der Waals surface area contributed by atoms with Crippen molar-refractivity contribution < 1.29 is 9.90 Å². The molecule has 0 radical (unpaired) electrons. The molecule has 1 fully saturated rings. The number of aliphatic hydroxyl groups is 1. The van der Waals surface area contributed by atoms with Gasteiger partial charge in [-0.1, -0.05) is 6.92 Å². The van der Waals surface area contributed by atoms with Crippen molar-refractivity contribution in [3.8, 4) is 5.82 Å². The number of piperidine rings is 1. The molecule has 0 bridgehead atoms. The van der Waals surface area contributed by atoms with Gasteiger partial charge in [0.25, 0.3) is 0 Å². The Kier molecular flexibility index (Phi) is 5.33. The summed E-state index contributed by atoms with van der Waals surface area (Å²) < 4.78 is 1.83. The summed E-state index contributed by atoms with van der Waals surface area (Å²) in [5.74, 6) is 0.776. The van der Waals surface area contributed by atoms with Crippen LogP contribution >= 0.6 is 0 Å². The van der Waals surface area contributed by atoms with Crippen LogP contribution in [0.3, 0.4) is 0 Å². The number of carbonyl (C=O) groups is 1. The molecule has 134 valence electrons. The lowest BCUT2D eigenvalue weighted by atomic mass is 9.77. The first-order chi connectivity index (χ1) is 12.2. The largest absolute Gasteiger partial charge is 0.396 e. The van der Waals surface area contributed by atoms with Gasteiger partial charge in [0.1, 0.15) is 12.1 Å². The van der Waals surface area contributed by atoms with Crippen molar-refractivity contribution in [2.24, 2.45) is 5.41 Å². The Morgan fingerprint density at radius 3 is 2.80 bits per heavy atom. The maximum atomic E-state index is 12.4. The van der Waals surface area contributed by atoms with Gasteiger partial charge >= 0.3 is 6.03 Å². The van der Waals surface area contributed by atoms with Gasteiger partial charge in [0.15, 0.2) is 0 Å². The number of aromatic nitrogens is 3. The first-order valence-corrected chi connectivity index (χ1v) is 8.73. The lowest BCUT2D eigenvalue weighted by Crippen LogP contribution is -2.48. The van der Waals surface area contributed by atoms with Crippen LogP contribution in [0.15, 0.2) is 37.1 Å². The van der Waals surface area contributed by atoms with Crippen LogP contribution in [-0.4, -0.2) is 50.3 Å². The fourth-order valence-corrected chi connectivity index (χ4v) is 3.20. The summed E-state index contributed by atoms with van der Waals surface area (Å²) in [6.45, 7) is 4.15. The minimum Gasteiger partial charge on any atom is -0.396 e. The third kappa shape index (κ3) is 3.99. The van der Waals surface area contributed by atoms with Crippen LogP contribution < -0.4 is 5.32 Å². The number of aliphatic hydroxyl groups excluding tert-OH is 1. The summed E-state index contributed by atoms with van der Waals surface area (Å²) in [5, 5.41) is 12.6. The van der Waals surface area contributed by atoms with E-state index in [0.29, 0.717) is 19.6 Å². The molecule has 2 aromatic rings. The SMILES string of the molecule is CCC1(CO)CCN(C(=O)NCc2ccnc(-n3ccnc3)c2)CC1. The van der Waals surface area contributed by atoms with Gasteiger partial charge in [-0.3, -0.25) is 4.57 Å². The van der Waals surface area contributed by atoms with Crippen molar-refractivity contribution in [2.45, 2.75) is 32.7 Å². The molecule has 2 amide bonds.